The van der Waals surface area contributed by atoms with Crippen molar-refractivity contribution in [3.8, 4) is 6.07 Å². The van der Waals surface area contributed by atoms with Crippen molar-refractivity contribution in [3.63, 3.8) is 0 Å². The Balaban J connectivity index is 2.49. The molecule has 0 spiro atoms. The van der Waals surface area contributed by atoms with Crippen molar-refractivity contribution in [1.29, 1.82) is 5.26 Å². The van der Waals surface area contributed by atoms with Gasteiger partial charge in [0.05, 0.1) is 6.04 Å². The summed E-state index contributed by atoms with van der Waals surface area (Å²) in [7, 11) is 0. The van der Waals surface area contributed by atoms with Crippen LogP contribution in [-0.2, 0) is 11.3 Å². The zero-order valence-electron chi connectivity index (χ0n) is 10.9. The lowest BCUT2D eigenvalue weighted by Gasteiger charge is -2.16. The normalized spacial score (nSPS) is 11.9. The third kappa shape index (κ3) is 4.52. The molecule has 1 rings (SSSR count). The fourth-order valence-corrected chi connectivity index (χ4v) is 1.42. The number of nitrogens with zero attached hydrogens (tertiary/aromatic N) is 2. The van der Waals surface area contributed by atoms with Crippen molar-refractivity contribution < 1.29 is 4.79 Å². The first-order chi connectivity index (χ1) is 8.52. The van der Waals surface area contributed by atoms with Crippen LogP contribution in [0.4, 0.5) is 0 Å². The maximum Gasteiger partial charge on any atom is 0.237 e. The number of hydrogen-bond donors (Lipinski definition) is 2. The molecule has 0 fully saturated rings. The van der Waals surface area contributed by atoms with Gasteiger partial charge in [-0.2, -0.15) is 5.26 Å². The van der Waals surface area contributed by atoms with Crippen LogP contribution in [-0.4, -0.2) is 23.0 Å². The molecule has 1 unspecified atom stereocenters. The molecule has 96 valence electrons. The van der Waals surface area contributed by atoms with Gasteiger partial charge in [-0.25, -0.2) is 4.98 Å². The Morgan fingerprint density at radius 3 is 2.83 bits per heavy atom. The second-order valence-corrected chi connectivity index (χ2v) is 4.43. The molecule has 1 amide bonds. The van der Waals surface area contributed by atoms with E-state index in [-0.39, 0.29) is 18.0 Å². The summed E-state index contributed by atoms with van der Waals surface area (Å²) in [5.41, 5.74) is 1.32. The maximum atomic E-state index is 11.7. The fraction of sp³-hybridized carbons (Fsp3) is 0.462. The van der Waals surface area contributed by atoms with E-state index in [1.807, 2.05) is 32.9 Å². The van der Waals surface area contributed by atoms with Crippen molar-refractivity contribution in [2.24, 2.45) is 0 Å². The summed E-state index contributed by atoms with van der Waals surface area (Å²) in [5.74, 6) is -0.0282. The number of carbonyl (C=O) groups excluding carboxylic acids is 1. The number of rotatable bonds is 5. The minimum Gasteiger partial charge on any atom is -0.353 e. The summed E-state index contributed by atoms with van der Waals surface area (Å²) in [5, 5.41) is 14.7. The SMILES string of the molecule is CC(C)NC(=O)C(C)NCc1ccnc(C#N)c1. The first kappa shape index (κ1) is 14.1. The van der Waals surface area contributed by atoms with Crippen LogP contribution in [0.25, 0.3) is 0 Å². The Morgan fingerprint density at radius 1 is 1.50 bits per heavy atom. The van der Waals surface area contributed by atoms with Gasteiger partial charge in [-0.05, 0) is 38.5 Å². The van der Waals surface area contributed by atoms with Crippen LogP contribution in [0.3, 0.4) is 0 Å². The van der Waals surface area contributed by atoms with E-state index in [0.717, 1.165) is 5.56 Å². The molecule has 18 heavy (non-hydrogen) atoms. The van der Waals surface area contributed by atoms with Gasteiger partial charge in [-0.1, -0.05) is 0 Å². The Hall–Kier alpha value is -1.93. The number of nitriles is 1. The Labute approximate surface area is 107 Å². The molecule has 1 aromatic heterocycles. The van der Waals surface area contributed by atoms with Crippen molar-refractivity contribution in [3.05, 3.63) is 29.6 Å². The summed E-state index contributed by atoms with van der Waals surface area (Å²) >= 11 is 0. The number of pyridine rings is 1. The van der Waals surface area contributed by atoms with Crippen LogP contribution in [0.5, 0.6) is 0 Å². The molecule has 0 saturated heterocycles. The highest BCUT2D eigenvalue weighted by molar-refractivity contribution is 5.81. The number of hydrogen-bond acceptors (Lipinski definition) is 4. The lowest BCUT2D eigenvalue weighted by Crippen LogP contribution is -2.44. The topological polar surface area (TPSA) is 77.8 Å². The number of aromatic nitrogens is 1. The second-order valence-electron chi connectivity index (χ2n) is 4.43. The molecule has 0 aliphatic heterocycles. The quantitative estimate of drug-likeness (QED) is 0.811. The van der Waals surface area contributed by atoms with Crippen LogP contribution in [0.15, 0.2) is 18.3 Å². The first-order valence-electron chi connectivity index (χ1n) is 5.91. The third-order valence-electron chi connectivity index (χ3n) is 2.38. The van der Waals surface area contributed by atoms with Crippen molar-refractivity contribution in [2.75, 3.05) is 0 Å². The van der Waals surface area contributed by atoms with Crippen molar-refractivity contribution in [2.45, 2.75) is 39.4 Å². The zero-order chi connectivity index (χ0) is 13.5. The Bertz CT molecular complexity index is 451. The van der Waals surface area contributed by atoms with Gasteiger partial charge in [0.25, 0.3) is 0 Å². The Morgan fingerprint density at radius 2 is 2.22 bits per heavy atom. The average molecular weight is 246 g/mol. The van der Waals surface area contributed by atoms with Gasteiger partial charge in [-0.15, -0.1) is 0 Å². The largest absolute Gasteiger partial charge is 0.353 e. The number of carbonyl (C=O) groups is 1. The molecule has 5 heteroatoms. The van der Waals surface area contributed by atoms with Gasteiger partial charge >= 0.3 is 0 Å². The van der Waals surface area contributed by atoms with Gasteiger partial charge in [0, 0.05) is 18.8 Å². The second kappa shape index (κ2) is 6.72. The average Bonchev–Trinajstić information content (AvgIpc) is 2.35. The summed E-state index contributed by atoms with van der Waals surface area (Å²) < 4.78 is 0. The van der Waals surface area contributed by atoms with Crippen LogP contribution in [0.2, 0.25) is 0 Å². The lowest BCUT2D eigenvalue weighted by molar-refractivity contribution is -0.123. The van der Waals surface area contributed by atoms with E-state index in [0.29, 0.717) is 12.2 Å². The van der Waals surface area contributed by atoms with Gasteiger partial charge in [-0.3, -0.25) is 4.79 Å². The van der Waals surface area contributed by atoms with Crippen LogP contribution >= 0.6 is 0 Å². The highest BCUT2D eigenvalue weighted by Gasteiger charge is 2.12. The van der Waals surface area contributed by atoms with E-state index in [1.54, 1.807) is 12.3 Å². The molecule has 5 nitrogen and oxygen atoms in total. The number of amides is 1. The summed E-state index contributed by atoms with van der Waals surface area (Å²) in [4.78, 5) is 15.6. The zero-order valence-corrected chi connectivity index (χ0v) is 10.9. The molecule has 1 atom stereocenters. The molecule has 0 aromatic carbocycles. The fourth-order valence-electron chi connectivity index (χ4n) is 1.42. The predicted molar refractivity (Wildman–Crippen MR) is 68.5 cm³/mol. The first-order valence-corrected chi connectivity index (χ1v) is 5.91. The molecular formula is C13H18N4O. The molecule has 0 bridgehead atoms. The molecule has 0 saturated carbocycles. The molecule has 1 aromatic rings. The predicted octanol–water partition coefficient (Wildman–Crippen LogP) is 0.956. The highest BCUT2D eigenvalue weighted by Crippen LogP contribution is 2.01. The Kier molecular flexibility index (Phi) is 5.28. The molecule has 1 heterocycles. The summed E-state index contributed by atoms with van der Waals surface area (Å²) in [6.07, 6.45) is 1.59. The summed E-state index contributed by atoms with van der Waals surface area (Å²) in [6, 6.07) is 5.37. The van der Waals surface area contributed by atoms with Crippen LogP contribution < -0.4 is 10.6 Å². The van der Waals surface area contributed by atoms with E-state index in [1.165, 1.54) is 0 Å². The highest BCUT2D eigenvalue weighted by atomic mass is 16.2. The summed E-state index contributed by atoms with van der Waals surface area (Å²) in [6.45, 7) is 6.19. The van der Waals surface area contributed by atoms with Gasteiger partial charge in [0.15, 0.2) is 0 Å². The minimum atomic E-state index is -0.272. The van der Waals surface area contributed by atoms with E-state index in [2.05, 4.69) is 15.6 Å². The van der Waals surface area contributed by atoms with Crippen LogP contribution in [0.1, 0.15) is 32.0 Å². The molecular weight excluding hydrogens is 228 g/mol. The van der Waals surface area contributed by atoms with E-state index < -0.39 is 0 Å². The van der Waals surface area contributed by atoms with E-state index >= 15 is 0 Å². The van der Waals surface area contributed by atoms with E-state index in [4.69, 9.17) is 5.26 Å². The van der Waals surface area contributed by atoms with Gasteiger partial charge in [0.2, 0.25) is 5.91 Å². The molecule has 0 aliphatic carbocycles. The van der Waals surface area contributed by atoms with Gasteiger partial charge < -0.3 is 10.6 Å². The van der Waals surface area contributed by atoms with Crippen molar-refractivity contribution >= 4 is 5.91 Å². The number of nitrogens with one attached hydrogen (secondary N) is 2. The smallest absolute Gasteiger partial charge is 0.237 e. The van der Waals surface area contributed by atoms with Crippen molar-refractivity contribution in [1.82, 2.24) is 15.6 Å². The van der Waals surface area contributed by atoms with Gasteiger partial charge in [0.1, 0.15) is 11.8 Å². The molecule has 2 N–H and O–H groups in total. The van der Waals surface area contributed by atoms with Crippen LogP contribution in [0, 0.1) is 11.3 Å². The third-order valence-corrected chi connectivity index (χ3v) is 2.38. The maximum absolute atomic E-state index is 11.7. The standard InChI is InChI=1S/C13H18N4O/c1-9(2)17-13(18)10(3)16-8-11-4-5-15-12(6-11)7-14/h4-6,9-10,16H,8H2,1-3H3,(H,17,18). The lowest BCUT2D eigenvalue weighted by atomic mass is 10.2. The molecule has 0 radical (unpaired) electrons. The van der Waals surface area contributed by atoms with E-state index in [9.17, 15) is 4.79 Å². The monoisotopic (exact) mass is 246 g/mol. The molecule has 0 aliphatic rings. The minimum absolute atomic E-state index is 0.0282.